The number of anilines is 1. The molecule has 6 heteroatoms. The van der Waals surface area contributed by atoms with Crippen LogP contribution in [0.5, 0.6) is 0 Å². The van der Waals surface area contributed by atoms with Gasteiger partial charge in [-0.15, -0.1) is 11.3 Å². The number of hydrogen-bond acceptors (Lipinski definition) is 5. The van der Waals surface area contributed by atoms with Crippen LogP contribution in [0.4, 0.5) is 5.13 Å². The summed E-state index contributed by atoms with van der Waals surface area (Å²) in [5.74, 6) is 1.23. The third-order valence-corrected chi connectivity index (χ3v) is 5.46. The summed E-state index contributed by atoms with van der Waals surface area (Å²) in [4.78, 5) is 19.3. The molecule has 1 amide bonds. The second kappa shape index (κ2) is 6.45. The molecule has 4 rings (SSSR count). The first-order valence-electron chi connectivity index (χ1n) is 8.30. The van der Waals surface area contributed by atoms with E-state index >= 15 is 0 Å². The highest BCUT2D eigenvalue weighted by Crippen LogP contribution is 2.48. The van der Waals surface area contributed by atoms with Crippen LogP contribution in [0.25, 0.3) is 0 Å². The van der Waals surface area contributed by atoms with E-state index in [-0.39, 0.29) is 17.7 Å². The van der Waals surface area contributed by atoms with Gasteiger partial charge in [-0.3, -0.25) is 9.69 Å². The number of amides is 1. The van der Waals surface area contributed by atoms with Crippen LogP contribution in [0, 0.1) is 5.92 Å². The van der Waals surface area contributed by atoms with Gasteiger partial charge < -0.3 is 9.73 Å². The minimum Gasteiger partial charge on any atom is -0.469 e. The molecule has 2 aromatic rings. The standard InChI is InChI=1S/C17H21N3O2S/c21-16(14-9-13(14)15-5-4-8-22-15)19-17-18-12(11-23-17)10-20-6-2-1-3-7-20/h4-5,8,11,13-14H,1-3,6-7,9-10H2,(H,18,19,21). The van der Waals surface area contributed by atoms with Crippen LogP contribution in [0.15, 0.2) is 28.2 Å². The molecule has 2 unspecified atom stereocenters. The van der Waals surface area contributed by atoms with Crippen molar-refractivity contribution in [2.45, 2.75) is 38.1 Å². The number of furan rings is 1. The van der Waals surface area contributed by atoms with Crippen LogP contribution in [-0.2, 0) is 11.3 Å². The predicted molar refractivity (Wildman–Crippen MR) is 89.4 cm³/mol. The second-order valence-corrected chi connectivity index (χ2v) is 7.29. The molecule has 1 saturated heterocycles. The van der Waals surface area contributed by atoms with Crippen LogP contribution in [0.2, 0.25) is 0 Å². The average Bonchev–Trinajstić information content (AvgIpc) is 2.96. The molecule has 122 valence electrons. The fourth-order valence-corrected chi connectivity index (χ4v) is 3.99. The minimum absolute atomic E-state index is 0.0237. The predicted octanol–water partition coefficient (Wildman–Crippen LogP) is 3.46. The lowest BCUT2D eigenvalue weighted by Gasteiger charge is -2.25. The summed E-state index contributed by atoms with van der Waals surface area (Å²) in [6.45, 7) is 3.21. The van der Waals surface area contributed by atoms with Gasteiger partial charge >= 0.3 is 0 Å². The molecule has 2 aromatic heterocycles. The number of aromatic nitrogens is 1. The summed E-state index contributed by atoms with van der Waals surface area (Å²) in [7, 11) is 0. The van der Waals surface area contributed by atoms with E-state index in [1.807, 2.05) is 12.1 Å². The maximum Gasteiger partial charge on any atom is 0.230 e. The largest absolute Gasteiger partial charge is 0.469 e. The molecule has 1 saturated carbocycles. The van der Waals surface area contributed by atoms with Crippen molar-refractivity contribution in [1.82, 2.24) is 9.88 Å². The minimum atomic E-state index is 0.0237. The van der Waals surface area contributed by atoms with Crippen molar-refractivity contribution in [3.05, 3.63) is 35.2 Å². The van der Waals surface area contributed by atoms with E-state index in [0.717, 1.165) is 37.5 Å². The summed E-state index contributed by atoms with van der Waals surface area (Å²) in [5.41, 5.74) is 1.06. The molecule has 1 N–H and O–H groups in total. The maximum atomic E-state index is 12.3. The SMILES string of the molecule is O=C(Nc1nc(CN2CCCCC2)cs1)C1CC1c1ccco1. The van der Waals surface area contributed by atoms with Crippen molar-refractivity contribution in [2.24, 2.45) is 5.92 Å². The zero-order valence-corrected chi connectivity index (χ0v) is 13.8. The molecule has 5 nitrogen and oxygen atoms in total. The Kier molecular flexibility index (Phi) is 4.18. The molecule has 0 spiro atoms. The van der Waals surface area contributed by atoms with Gasteiger partial charge in [0.05, 0.1) is 12.0 Å². The van der Waals surface area contributed by atoms with Crippen LogP contribution in [0.3, 0.4) is 0 Å². The highest BCUT2D eigenvalue weighted by Gasteiger charge is 2.46. The van der Waals surface area contributed by atoms with E-state index in [1.165, 1.54) is 30.6 Å². The van der Waals surface area contributed by atoms with Gasteiger partial charge in [-0.1, -0.05) is 6.42 Å². The Hall–Kier alpha value is -1.66. The zero-order valence-electron chi connectivity index (χ0n) is 13.0. The van der Waals surface area contributed by atoms with Crippen LogP contribution < -0.4 is 5.32 Å². The number of nitrogens with one attached hydrogen (secondary N) is 1. The van der Waals surface area contributed by atoms with Crippen LogP contribution in [0.1, 0.15) is 43.1 Å². The summed E-state index contributed by atoms with van der Waals surface area (Å²) >= 11 is 1.52. The van der Waals surface area contributed by atoms with Crippen molar-refractivity contribution in [2.75, 3.05) is 18.4 Å². The maximum absolute atomic E-state index is 12.3. The lowest BCUT2D eigenvalue weighted by atomic mass is 10.1. The van der Waals surface area contributed by atoms with Crippen molar-refractivity contribution in [3.63, 3.8) is 0 Å². The molecule has 1 aliphatic heterocycles. The smallest absolute Gasteiger partial charge is 0.230 e. The van der Waals surface area contributed by atoms with Crippen molar-refractivity contribution >= 4 is 22.4 Å². The number of carbonyl (C=O) groups is 1. The fraction of sp³-hybridized carbons (Fsp3) is 0.529. The van der Waals surface area contributed by atoms with Gasteiger partial charge in [0, 0.05) is 23.8 Å². The summed E-state index contributed by atoms with van der Waals surface area (Å²) in [5, 5.41) is 5.73. The molecule has 23 heavy (non-hydrogen) atoms. The van der Waals surface area contributed by atoms with Gasteiger partial charge in [-0.2, -0.15) is 0 Å². The number of carbonyl (C=O) groups excluding carboxylic acids is 1. The molecule has 1 aliphatic carbocycles. The molecular formula is C17H21N3O2S. The Labute approximate surface area is 139 Å². The number of thiazole rings is 1. The molecular weight excluding hydrogens is 310 g/mol. The third kappa shape index (κ3) is 3.48. The van der Waals surface area contributed by atoms with Gasteiger partial charge in [0.2, 0.25) is 5.91 Å². The lowest BCUT2D eigenvalue weighted by molar-refractivity contribution is -0.117. The Morgan fingerprint density at radius 1 is 1.39 bits per heavy atom. The van der Waals surface area contributed by atoms with Crippen molar-refractivity contribution < 1.29 is 9.21 Å². The average molecular weight is 331 g/mol. The number of hydrogen-bond donors (Lipinski definition) is 1. The first-order valence-corrected chi connectivity index (χ1v) is 9.18. The van der Waals surface area contributed by atoms with Gasteiger partial charge in [0.25, 0.3) is 0 Å². The van der Waals surface area contributed by atoms with E-state index < -0.39 is 0 Å². The zero-order chi connectivity index (χ0) is 15.6. The number of piperidine rings is 1. The molecule has 2 fully saturated rings. The van der Waals surface area contributed by atoms with E-state index in [0.29, 0.717) is 5.13 Å². The number of rotatable bonds is 5. The lowest BCUT2D eigenvalue weighted by Crippen LogP contribution is -2.29. The van der Waals surface area contributed by atoms with Crippen LogP contribution >= 0.6 is 11.3 Å². The number of likely N-dealkylation sites (tertiary alicyclic amines) is 1. The second-order valence-electron chi connectivity index (χ2n) is 6.43. The molecule has 0 aromatic carbocycles. The molecule has 0 radical (unpaired) electrons. The van der Waals surface area contributed by atoms with E-state index in [4.69, 9.17) is 4.42 Å². The van der Waals surface area contributed by atoms with Gasteiger partial charge in [0.1, 0.15) is 5.76 Å². The normalized spacial score (nSPS) is 24.5. The molecule has 2 aliphatic rings. The van der Waals surface area contributed by atoms with E-state index in [9.17, 15) is 4.79 Å². The Balaban J connectivity index is 1.30. The monoisotopic (exact) mass is 331 g/mol. The van der Waals surface area contributed by atoms with Crippen molar-refractivity contribution in [3.8, 4) is 0 Å². The van der Waals surface area contributed by atoms with Crippen molar-refractivity contribution in [1.29, 1.82) is 0 Å². The first-order chi connectivity index (χ1) is 11.3. The van der Waals surface area contributed by atoms with Gasteiger partial charge in [0.15, 0.2) is 5.13 Å². The molecule has 0 bridgehead atoms. The summed E-state index contributed by atoms with van der Waals surface area (Å²) in [6.07, 6.45) is 6.43. The first kappa shape index (κ1) is 14.9. The Morgan fingerprint density at radius 2 is 2.26 bits per heavy atom. The van der Waals surface area contributed by atoms with E-state index in [2.05, 4.69) is 20.6 Å². The quantitative estimate of drug-likeness (QED) is 0.911. The highest BCUT2D eigenvalue weighted by molar-refractivity contribution is 7.13. The topological polar surface area (TPSA) is 58.4 Å². The van der Waals surface area contributed by atoms with Gasteiger partial charge in [-0.25, -0.2) is 4.98 Å². The third-order valence-electron chi connectivity index (χ3n) is 4.65. The molecule has 3 heterocycles. The molecule has 2 atom stereocenters. The number of nitrogens with zero attached hydrogens (tertiary/aromatic N) is 2. The highest BCUT2D eigenvalue weighted by atomic mass is 32.1. The fourth-order valence-electron chi connectivity index (χ4n) is 3.28. The Morgan fingerprint density at radius 3 is 3.04 bits per heavy atom. The van der Waals surface area contributed by atoms with Crippen LogP contribution in [-0.4, -0.2) is 28.9 Å². The van der Waals surface area contributed by atoms with E-state index in [1.54, 1.807) is 6.26 Å². The summed E-state index contributed by atoms with van der Waals surface area (Å²) < 4.78 is 5.38. The summed E-state index contributed by atoms with van der Waals surface area (Å²) in [6, 6.07) is 3.81. The van der Waals surface area contributed by atoms with Gasteiger partial charge in [-0.05, 0) is 44.5 Å². The Bertz CT molecular complexity index is 661.